The third kappa shape index (κ3) is 5.52. The number of alkyl halides is 4. The Bertz CT molecular complexity index is 1570. The monoisotopic (exact) mass is 537 g/mol. The van der Waals surface area contributed by atoms with Crippen LogP contribution in [0.2, 0.25) is 0 Å². The fourth-order valence-electron chi connectivity index (χ4n) is 4.30. The molecule has 5 rings (SSSR count). The molecule has 0 bridgehead atoms. The third-order valence-electron chi connectivity index (χ3n) is 6.00. The van der Waals surface area contributed by atoms with E-state index < -0.39 is 24.9 Å². The number of carbonyl (C=O) groups is 2. The molecule has 1 aliphatic heterocycles. The zero-order chi connectivity index (χ0) is 27.5. The maximum absolute atomic E-state index is 13.0. The first-order chi connectivity index (χ1) is 18.8. The van der Waals surface area contributed by atoms with Crippen molar-refractivity contribution in [2.24, 2.45) is 5.10 Å². The normalized spacial score (nSPS) is 12.7. The zero-order valence-electron chi connectivity index (χ0n) is 20.0. The van der Waals surface area contributed by atoms with Crippen molar-refractivity contribution in [3.05, 3.63) is 101 Å². The van der Waals surface area contributed by atoms with E-state index in [0.29, 0.717) is 12.1 Å². The second kappa shape index (κ2) is 10.8. The van der Waals surface area contributed by atoms with E-state index in [4.69, 9.17) is 0 Å². The predicted octanol–water partition coefficient (Wildman–Crippen LogP) is 5.97. The van der Waals surface area contributed by atoms with E-state index in [1.807, 2.05) is 30.3 Å². The van der Waals surface area contributed by atoms with Gasteiger partial charge in [0, 0.05) is 28.1 Å². The molecule has 0 aromatic heterocycles. The summed E-state index contributed by atoms with van der Waals surface area (Å²) < 4.78 is 58.8. The Hall–Kier alpha value is -4.93. The highest BCUT2D eigenvalue weighted by Crippen LogP contribution is 2.38. The minimum Gasteiger partial charge on any atom is -0.435 e. The molecule has 7 nitrogen and oxygen atoms in total. The topological polar surface area (TPSA) is 80.2 Å². The number of halogens is 4. The quantitative estimate of drug-likeness (QED) is 0.162. The fourth-order valence-corrected chi connectivity index (χ4v) is 4.30. The lowest BCUT2D eigenvalue weighted by Gasteiger charge is -2.18. The van der Waals surface area contributed by atoms with Crippen LogP contribution in [0.4, 0.5) is 23.2 Å². The number of amides is 2. The van der Waals surface area contributed by atoms with Crippen LogP contribution in [0.1, 0.15) is 31.8 Å². The molecule has 1 aliphatic rings. The van der Waals surface area contributed by atoms with Crippen LogP contribution in [-0.2, 0) is 6.54 Å². The summed E-state index contributed by atoms with van der Waals surface area (Å²) in [7, 11) is 0. The van der Waals surface area contributed by atoms with E-state index in [9.17, 15) is 27.2 Å². The SMILES string of the molecule is O=C(N/N=C\c1ccc(OC(F)F)cc1OC(F)F)c1ccc(CN2C(=O)c3cccc4cccc2c34)cc1. The van der Waals surface area contributed by atoms with E-state index in [1.165, 1.54) is 6.07 Å². The molecule has 0 saturated carbocycles. The van der Waals surface area contributed by atoms with Crippen molar-refractivity contribution in [3.8, 4) is 11.5 Å². The molecule has 1 heterocycles. The van der Waals surface area contributed by atoms with Gasteiger partial charge in [0.05, 0.1) is 18.4 Å². The molecule has 0 spiro atoms. The van der Waals surface area contributed by atoms with Crippen LogP contribution in [0.15, 0.2) is 84.0 Å². The van der Waals surface area contributed by atoms with Crippen molar-refractivity contribution < 1.29 is 36.6 Å². The highest BCUT2D eigenvalue weighted by Gasteiger charge is 2.29. The highest BCUT2D eigenvalue weighted by molar-refractivity contribution is 6.24. The number of rotatable bonds is 9. The van der Waals surface area contributed by atoms with Gasteiger partial charge in [-0.3, -0.25) is 9.59 Å². The van der Waals surface area contributed by atoms with Crippen LogP contribution in [0.3, 0.4) is 0 Å². The minimum absolute atomic E-state index is 0.00105. The van der Waals surface area contributed by atoms with Crippen molar-refractivity contribution in [2.45, 2.75) is 19.8 Å². The summed E-state index contributed by atoms with van der Waals surface area (Å²) >= 11 is 0. The van der Waals surface area contributed by atoms with Gasteiger partial charge in [-0.05, 0) is 47.3 Å². The van der Waals surface area contributed by atoms with Gasteiger partial charge in [0.1, 0.15) is 11.5 Å². The van der Waals surface area contributed by atoms with Gasteiger partial charge < -0.3 is 14.4 Å². The molecule has 198 valence electrons. The molecule has 0 unspecified atom stereocenters. The Morgan fingerprint density at radius 3 is 2.36 bits per heavy atom. The van der Waals surface area contributed by atoms with Crippen molar-refractivity contribution >= 4 is 34.5 Å². The van der Waals surface area contributed by atoms with E-state index in [0.717, 1.165) is 40.4 Å². The third-order valence-corrected chi connectivity index (χ3v) is 6.00. The van der Waals surface area contributed by atoms with Crippen LogP contribution in [0.5, 0.6) is 11.5 Å². The zero-order valence-corrected chi connectivity index (χ0v) is 20.0. The summed E-state index contributed by atoms with van der Waals surface area (Å²) in [5, 5.41) is 5.64. The van der Waals surface area contributed by atoms with E-state index >= 15 is 0 Å². The minimum atomic E-state index is -3.22. The lowest BCUT2D eigenvalue weighted by molar-refractivity contribution is -0.0543. The largest absolute Gasteiger partial charge is 0.435 e. The molecule has 11 heteroatoms. The number of anilines is 1. The Kier molecular flexibility index (Phi) is 7.13. The van der Waals surface area contributed by atoms with Crippen LogP contribution in [0.25, 0.3) is 10.8 Å². The second-order valence-electron chi connectivity index (χ2n) is 8.42. The molecule has 0 fully saturated rings. The Balaban J connectivity index is 1.25. The first-order valence-corrected chi connectivity index (χ1v) is 11.6. The number of hydrogen-bond acceptors (Lipinski definition) is 5. The van der Waals surface area contributed by atoms with Gasteiger partial charge in [-0.15, -0.1) is 0 Å². The van der Waals surface area contributed by atoms with Crippen molar-refractivity contribution in [1.82, 2.24) is 5.43 Å². The Morgan fingerprint density at radius 2 is 1.64 bits per heavy atom. The van der Waals surface area contributed by atoms with Crippen LogP contribution >= 0.6 is 0 Å². The standard InChI is InChI=1S/C28H19F4N3O4/c29-27(30)38-20-12-11-19(23(13-20)39-28(31)32)14-33-34-25(36)18-9-7-16(8-10-18)15-35-22-6-2-4-17-3-1-5-21(24(17)22)26(35)37/h1-14,27-28H,15H2,(H,34,36)/b33-14-. The molecule has 0 saturated heterocycles. The molecular weight excluding hydrogens is 518 g/mol. The van der Waals surface area contributed by atoms with E-state index in [-0.39, 0.29) is 22.8 Å². The molecular formula is C28H19F4N3O4. The summed E-state index contributed by atoms with van der Waals surface area (Å²) in [6.07, 6.45) is 1.04. The average molecular weight is 537 g/mol. The van der Waals surface area contributed by atoms with E-state index in [1.54, 1.807) is 35.2 Å². The van der Waals surface area contributed by atoms with Crippen LogP contribution < -0.4 is 19.8 Å². The fraction of sp³-hybridized carbons (Fsp3) is 0.107. The summed E-state index contributed by atoms with van der Waals surface area (Å²) in [5.74, 6) is -1.51. The molecule has 4 aromatic carbocycles. The predicted molar refractivity (Wildman–Crippen MR) is 136 cm³/mol. The van der Waals surface area contributed by atoms with Gasteiger partial charge in [0.25, 0.3) is 11.8 Å². The van der Waals surface area contributed by atoms with Gasteiger partial charge in [-0.1, -0.05) is 36.4 Å². The maximum Gasteiger partial charge on any atom is 0.387 e. The maximum atomic E-state index is 13.0. The van der Waals surface area contributed by atoms with Crippen LogP contribution in [0, 0.1) is 0 Å². The molecule has 39 heavy (non-hydrogen) atoms. The molecule has 2 amide bonds. The average Bonchev–Trinajstić information content (AvgIpc) is 3.17. The number of benzene rings is 4. The number of nitrogens with zero attached hydrogens (tertiary/aromatic N) is 2. The van der Waals surface area contributed by atoms with Gasteiger partial charge >= 0.3 is 13.2 Å². The molecule has 0 aliphatic carbocycles. The first kappa shape index (κ1) is 25.7. The summed E-state index contributed by atoms with van der Waals surface area (Å²) in [4.78, 5) is 27.2. The Labute approximate surface area is 219 Å². The number of ether oxygens (including phenoxy) is 2. The Morgan fingerprint density at radius 1 is 0.923 bits per heavy atom. The molecule has 0 atom stereocenters. The van der Waals surface area contributed by atoms with Crippen molar-refractivity contribution in [2.75, 3.05) is 4.90 Å². The van der Waals surface area contributed by atoms with Crippen molar-refractivity contribution in [3.63, 3.8) is 0 Å². The lowest BCUT2D eigenvalue weighted by atomic mass is 10.1. The molecule has 1 N–H and O–H groups in total. The molecule has 4 aromatic rings. The number of hydrazone groups is 1. The number of nitrogens with one attached hydrogen (secondary N) is 1. The summed E-state index contributed by atoms with van der Waals surface area (Å²) in [5.41, 5.74) is 4.81. The summed E-state index contributed by atoms with van der Waals surface area (Å²) in [6, 6.07) is 21.1. The first-order valence-electron chi connectivity index (χ1n) is 11.6. The number of hydrogen-bond donors (Lipinski definition) is 1. The van der Waals surface area contributed by atoms with E-state index in [2.05, 4.69) is 20.0 Å². The van der Waals surface area contributed by atoms with Gasteiger partial charge in [0.15, 0.2) is 0 Å². The van der Waals surface area contributed by atoms with Gasteiger partial charge in [0.2, 0.25) is 0 Å². The van der Waals surface area contributed by atoms with Gasteiger partial charge in [-0.25, -0.2) is 5.43 Å². The van der Waals surface area contributed by atoms with Crippen molar-refractivity contribution in [1.29, 1.82) is 0 Å². The second-order valence-corrected chi connectivity index (χ2v) is 8.42. The molecule has 0 radical (unpaired) electrons. The summed E-state index contributed by atoms with van der Waals surface area (Å²) in [6.45, 7) is -6.05. The van der Waals surface area contributed by atoms with Gasteiger partial charge in [-0.2, -0.15) is 22.7 Å². The highest BCUT2D eigenvalue weighted by atomic mass is 19.3. The number of carbonyl (C=O) groups excluding carboxylic acids is 2. The smallest absolute Gasteiger partial charge is 0.387 e. The lowest BCUT2D eigenvalue weighted by Crippen LogP contribution is -2.26. The van der Waals surface area contributed by atoms with Crippen LogP contribution in [-0.4, -0.2) is 31.3 Å².